The zero-order valence-corrected chi connectivity index (χ0v) is 7.88. The molecular formula is C7H10N6O2. The second-order valence-electron chi connectivity index (χ2n) is 2.72. The lowest BCUT2D eigenvalue weighted by Crippen LogP contribution is -2.05. The Labute approximate surface area is 84.9 Å². The van der Waals surface area contributed by atoms with Gasteiger partial charge in [-0.05, 0) is 0 Å². The van der Waals surface area contributed by atoms with Crippen LogP contribution >= 0.6 is 0 Å². The third-order valence-electron chi connectivity index (χ3n) is 1.66. The summed E-state index contributed by atoms with van der Waals surface area (Å²) in [6.07, 6.45) is 1.95. The quantitative estimate of drug-likeness (QED) is 0.682. The van der Waals surface area contributed by atoms with Crippen LogP contribution in [0.15, 0.2) is 15.3 Å². The molecule has 0 spiro atoms. The van der Waals surface area contributed by atoms with Crippen molar-refractivity contribution in [2.24, 2.45) is 5.73 Å². The molecule has 2 aromatic rings. The Morgan fingerprint density at radius 3 is 2.93 bits per heavy atom. The number of rotatable bonds is 5. The van der Waals surface area contributed by atoms with E-state index in [1.807, 2.05) is 0 Å². The summed E-state index contributed by atoms with van der Waals surface area (Å²) in [4.78, 5) is 3.86. The molecule has 0 aliphatic heterocycles. The third-order valence-corrected chi connectivity index (χ3v) is 1.66. The first-order valence-electron chi connectivity index (χ1n) is 4.40. The molecule has 0 aromatic carbocycles. The van der Waals surface area contributed by atoms with Gasteiger partial charge in [-0.25, -0.2) is 0 Å². The molecule has 0 fully saturated rings. The Kier molecular flexibility index (Phi) is 2.88. The van der Waals surface area contributed by atoms with Gasteiger partial charge in [-0.3, -0.25) is 0 Å². The maximum atomic E-state index is 5.31. The highest BCUT2D eigenvalue weighted by molar-refractivity contribution is 5.16. The summed E-state index contributed by atoms with van der Waals surface area (Å²) in [5, 5.41) is 13.8. The Bertz CT molecular complexity index is 397. The van der Waals surface area contributed by atoms with Gasteiger partial charge in [-0.1, -0.05) is 10.3 Å². The highest BCUT2D eigenvalue weighted by atomic mass is 16.5. The summed E-state index contributed by atoms with van der Waals surface area (Å²) in [7, 11) is 0. The minimum atomic E-state index is 0.234. The molecule has 0 amide bonds. The predicted molar refractivity (Wildman–Crippen MR) is 48.7 cm³/mol. The van der Waals surface area contributed by atoms with Crippen LogP contribution in [0.25, 0.3) is 0 Å². The number of hydrogen-bond acceptors (Lipinski definition) is 8. The van der Waals surface area contributed by atoms with Gasteiger partial charge >= 0.3 is 6.01 Å². The van der Waals surface area contributed by atoms with E-state index >= 15 is 0 Å². The molecule has 0 bridgehead atoms. The summed E-state index contributed by atoms with van der Waals surface area (Å²) < 4.78 is 9.94. The van der Waals surface area contributed by atoms with Crippen molar-refractivity contribution in [1.29, 1.82) is 0 Å². The Hall–Kier alpha value is -1.96. The van der Waals surface area contributed by atoms with Crippen molar-refractivity contribution in [3.63, 3.8) is 0 Å². The number of nitrogens with one attached hydrogen (secondary N) is 1. The SMILES string of the molecule is NCc1nnc(NCCc2ncno2)o1. The minimum absolute atomic E-state index is 0.234. The van der Waals surface area contributed by atoms with Crippen LogP contribution in [0.2, 0.25) is 0 Å². The second kappa shape index (κ2) is 4.51. The summed E-state index contributed by atoms with van der Waals surface area (Å²) >= 11 is 0. The predicted octanol–water partition coefficient (Wildman–Crippen LogP) is -0.434. The van der Waals surface area contributed by atoms with Crippen LogP contribution < -0.4 is 11.1 Å². The van der Waals surface area contributed by atoms with E-state index < -0.39 is 0 Å². The van der Waals surface area contributed by atoms with Crippen molar-refractivity contribution in [3.8, 4) is 0 Å². The monoisotopic (exact) mass is 210 g/mol. The van der Waals surface area contributed by atoms with Gasteiger partial charge in [0.25, 0.3) is 0 Å². The second-order valence-corrected chi connectivity index (χ2v) is 2.72. The number of nitrogens with zero attached hydrogens (tertiary/aromatic N) is 4. The molecule has 15 heavy (non-hydrogen) atoms. The highest BCUT2D eigenvalue weighted by Gasteiger charge is 2.04. The largest absolute Gasteiger partial charge is 0.407 e. The van der Waals surface area contributed by atoms with Crippen molar-refractivity contribution in [2.45, 2.75) is 13.0 Å². The van der Waals surface area contributed by atoms with E-state index in [1.165, 1.54) is 6.33 Å². The number of anilines is 1. The van der Waals surface area contributed by atoms with Gasteiger partial charge in [-0.15, -0.1) is 5.10 Å². The fourth-order valence-electron chi connectivity index (χ4n) is 0.990. The van der Waals surface area contributed by atoms with Crippen LogP contribution in [0.3, 0.4) is 0 Å². The maximum absolute atomic E-state index is 5.31. The standard InChI is InChI=1S/C7H10N6O2/c8-3-6-12-13-7(14-6)9-2-1-5-10-4-11-15-5/h4H,1-3,8H2,(H,9,13). The van der Waals surface area contributed by atoms with Crippen LogP contribution in [0.5, 0.6) is 0 Å². The Morgan fingerprint density at radius 2 is 2.27 bits per heavy atom. The summed E-state index contributed by atoms with van der Waals surface area (Å²) in [6.45, 7) is 0.812. The minimum Gasteiger partial charge on any atom is -0.407 e. The van der Waals surface area contributed by atoms with E-state index in [4.69, 9.17) is 14.7 Å². The zero-order chi connectivity index (χ0) is 10.5. The normalized spacial score (nSPS) is 10.5. The average Bonchev–Trinajstić information content (AvgIpc) is 2.88. The summed E-state index contributed by atoms with van der Waals surface area (Å²) in [5.41, 5.74) is 5.31. The maximum Gasteiger partial charge on any atom is 0.315 e. The first-order valence-corrected chi connectivity index (χ1v) is 4.40. The van der Waals surface area contributed by atoms with E-state index in [0.29, 0.717) is 30.8 Å². The first-order chi connectivity index (χ1) is 7.38. The smallest absolute Gasteiger partial charge is 0.315 e. The molecule has 8 heteroatoms. The van der Waals surface area contributed by atoms with Crippen molar-refractivity contribution < 1.29 is 8.94 Å². The number of hydrogen-bond donors (Lipinski definition) is 2. The molecule has 0 aliphatic rings. The van der Waals surface area contributed by atoms with Crippen LogP contribution in [0.4, 0.5) is 6.01 Å². The van der Waals surface area contributed by atoms with Gasteiger partial charge < -0.3 is 20.0 Å². The van der Waals surface area contributed by atoms with Crippen molar-refractivity contribution in [2.75, 3.05) is 11.9 Å². The lowest BCUT2D eigenvalue weighted by atomic mass is 10.4. The van der Waals surface area contributed by atoms with Crippen molar-refractivity contribution >= 4 is 6.01 Å². The Balaban J connectivity index is 1.78. The molecule has 2 heterocycles. The third kappa shape index (κ3) is 2.50. The molecular weight excluding hydrogens is 200 g/mol. The lowest BCUT2D eigenvalue weighted by molar-refractivity contribution is 0.379. The van der Waals surface area contributed by atoms with Crippen LogP contribution in [-0.2, 0) is 13.0 Å². The van der Waals surface area contributed by atoms with Crippen LogP contribution in [0.1, 0.15) is 11.8 Å². The molecule has 0 saturated carbocycles. The Morgan fingerprint density at radius 1 is 1.33 bits per heavy atom. The van der Waals surface area contributed by atoms with Gasteiger partial charge in [-0.2, -0.15) is 4.98 Å². The topological polar surface area (TPSA) is 116 Å². The van der Waals surface area contributed by atoms with E-state index in [9.17, 15) is 0 Å². The zero-order valence-electron chi connectivity index (χ0n) is 7.88. The molecule has 0 unspecified atom stereocenters. The fourth-order valence-corrected chi connectivity index (χ4v) is 0.990. The number of aromatic nitrogens is 4. The summed E-state index contributed by atoms with van der Waals surface area (Å²) in [5.74, 6) is 0.955. The molecule has 0 aliphatic carbocycles. The lowest BCUT2D eigenvalue weighted by Gasteiger charge is -1.96. The van der Waals surface area contributed by atoms with Gasteiger partial charge in [0.05, 0.1) is 6.54 Å². The van der Waals surface area contributed by atoms with Gasteiger partial charge in [0, 0.05) is 13.0 Å². The first kappa shape index (κ1) is 9.59. The van der Waals surface area contributed by atoms with Gasteiger partial charge in [0.2, 0.25) is 11.8 Å². The number of nitrogens with two attached hydrogens (primary N) is 1. The molecule has 3 N–H and O–H groups in total. The molecule has 8 nitrogen and oxygen atoms in total. The van der Waals surface area contributed by atoms with E-state index in [1.54, 1.807) is 0 Å². The molecule has 2 aromatic heterocycles. The van der Waals surface area contributed by atoms with E-state index in [2.05, 4.69) is 25.7 Å². The van der Waals surface area contributed by atoms with E-state index in [-0.39, 0.29) is 6.54 Å². The van der Waals surface area contributed by atoms with Gasteiger partial charge in [0.1, 0.15) is 0 Å². The van der Waals surface area contributed by atoms with E-state index in [0.717, 1.165) is 0 Å². The average molecular weight is 210 g/mol. The fraction of sp³-hybridized carbons (Fsp3) is 0.429. The summed E-state index contributed by atoms with van der Waals surface area (Å²) in [6, 6.07) is 0.343. The van der Waals surface area contributed by atoms with Crippen LogP contribution in [-0.4, -0.2) is 26.9 Å². The van der Waals surface area contributed by atoms with Crippen molar-refractivity contribution in [3.05, 3.63) is 18.1 Å². The molecule has 0 atom stereocenters. The molecule has 80 valence electrons. The van der Waals surface area contributed by atoms with Crippen molar-refractivity contribution in [1.82, 2.24) is 20.3 Å². The highest BCUT2D eigenvalue weighted by Crippen LogP contribution is 2.04. The van der Waals surface area contributed by atoms with Crippen LogP contribution in [0, 0.1) is 0 Å². The van der Waals surface area contributed by atoms with Gasteiger partial charge in [0.15, 0.2) is 6.33 Å². The molecule has 2 rings (SSSR count). The molecule has 0 saturated heterocycles. The molecule has 0 radical (unpaired) electrons.